The number of anilines is 2. The second-order valence-corrected chi connectivity index (χ2v) is 11.9. The van der Waals surface area contributed by atoms with Gasteiger partial charge in [-0.05, 0) is 53.7 Å². The Hall–Kier alpha value is -5.38. The summed E-state index contributed by atoms with van der Waals surface area (Å²) in [6.45, 7) is 0. The molecule has 2 atom stereocenters. The van der Waals surface area contributed by atoms with E-state index in [1.165, 1.54) is 5.56 Å². The number of hydrazine groups is 1. The van der Waals surface area contributed by atoms with Crippen molar-refractivity contribution in [1.82, 2.24) is 16.3 Å². The number of hydrogen-bond acceptors (Lipinski definition) is 7. The summed E-state index contributed by atoms with van der Waals surface area (Å²) in [6.07, 6.45) is 4.00. The fourth-order valence-corrected chi connectivity index (χ4v) is 6.23. The average molecular weight is 640 g/mol. The lowest BCUT2D eigenvalue weighted by Gasteiger charge is -2.23. The van der Waals surface area contributed by atoms with Gasteiger partial charge in [-0.2, -0.15) is 5.10 Å². The van der Waals surface area contributed by atoms with Crippen molar-refractivity contribution in [2.24, 2.45) is 10.1 Å². The summed E-state index contributed by atoms with van der Waals surface area (Å²) in [5, 5.41) is 11.9. The molecule has 0 aromatic heterocycles. The zero-order valence-electron chi connectivity index (χ0n) is 24.9. The van der Waals surface area contributed by atoms with Crippen molar-refractivity contribution in [2.45, 2.75) is 16.2 Å². The van der Waals surface area contributed by atoms with Crippen molar-refractivity contribution in [3.63, 3.8) is 0 Å². The highest BCUT2D eigenvalue weighted by Crippen LogP contribution is 2.40. The van der Waals surface area contributed by atoms with Crippen molar-refractivity contribution >= 4 is 52.1 Å². The van der Waals surface area contributed by atoms with E-state index in [4.69, 9.17) is 22.3 Å². The van der Waals surface area contributed by atoms with E-state index in [9.17, 15) is 0 Å². The van der Waals surface area contributed by atoms with Crippen LogP contribution in [0, 0.1) is 0 Å². The molecule has 0 radical (unpaired) electrons. The van der Waals surface area contributed by atoms with Crippen LogP contribution in [0.1, 0.15) is 28.0 Å². The van der Waals surface area contributed by atoms with E-state index in [1.807, 2.05) is 109 Å². The van der Waals surface area contributed by atoms with E-state index in [0.29, 0.717) is 11.1 Å². The minimum absolute atomic E-state index is 0.00938. The number of hydrogen-bond donors (Lipinski definition) is 5. The summed E-state index contributed by atoms with van der Waals surface area (Å²) in [6, 6.07) is 48.5. The summed E-state index contributed by atoms with van der Waals surface area (Å²) < 4.78 is 0. The maximum absolute atomic E-state index is 5.62. The molecule has 1 aliphatic rings. The predicted molar refractivity (Wildman–Crippen MR) is 196 cm³/mol. The monoisotopic (exact) mass is 639 g/mol. The Morgan fingerprint density at radius 1 is 0.739 bits per heavy atom. The van der Waals surface area contributed by atoms with Gasteiger partial charge in [0.2, 0.25) is 5.96 Å². The van der Waals surface area contributed by atoms with Gasteiger partial charge in [0.05, 0.1) is 16.6 Å². The van der Waals surface area contributed by atoms with Gasteiger partial charge >= 0.3 is 0 Å². The highest BCUT2D eigenvalue weighted by atomic mass is 32.2. The van der Waals surface area contributed by atoms with Crippen LogP contribution in [0.5, 0.6) is 0 Å². The molecule has 5 aromatic carbocycles. The van der Waals surface area contributed by atoms with Crippen molar-refractivity contribution in [3.05, 3.63) is 175 Å². The highest BCUT2D eigenvalue weighted by Gasteiger charge is 2.24. The molecular formula is C37H33N7S2. The summed E-state index contributed by atoms with van der Waals surface area (Å²) in [5.41, 5.74) is 15.4. The SMILES string of the molecule is S=C(Nc1ccccc1)Nc1ccccc1SC(/C=C/NNC1=NC(c2ccccc2)C(c2ccccc2)=NN1)c1ccccc1. The topological polar surface area (TPSA) is 84.9 Å². The van der Waals surface area contributed by atoms with Gasteiger partial charge < -0.3 is 16.1 Å². The van der Waals surface area contributed by atoms with Crippen LogP contribution in [0.25, 0.3) is 0 Å². The highest BCUT2D eigenvalue weighted by molar-refractivity contribution is 7.99. The number of guanidine groups is 1. The number of benzene rings is 5. The number of thiocarbonyl (C=S) groups is 1. The van der Waals surface area contributed by atoms with Gasteiger partial charge in [-0.1, -0.05) is 121 Å². The van der Waals surface area contributed by atoms with Crippen LogP contribution in [0.3, 0.4) is 0 Å². The number of para-hydroxylation sites is 2. The third-order valence-corrected chi connectivity index (χ3v) is 8.58. The standard InChI is InChI=1S/C37H33N7S2/c45-37(39-30-21-11-4-12-22-30)40-31-23-13-14-24-33(31)46-32(27-15-5-1-6-16-27)25-26-38-43-36-41-34(28-17-7-2-8-18-28)35(42-44-36)29-19-9-3-10-20-29/h1-26,32,34,38H,(H2,39,40,45)(H2,41,43,44)/b26-25+. The molecule has 0 saturated carbocycles. The van der Waals surface area contributed by atoms with Gasteiger partial charge in [0, 0.05) is 22.3 Å². The van der Waals surface area contributed by atoms with Crippen molar-refractivity contribution < 1.29 is 0 Å². The summed E-state index contributed by atoms with van der Waals surface area (Å²) in [5.74, 6) is 0.524. The van der Waals surface area contributed by atoms with Crippen molar-refractivity contribution in [3.8, 4) is 0 Å². The van der Waals surface area contributed by atoms with Crippen LogP contribution in [-0.2, 0) is 0 Å². The molecule has 0 amide bonds. The fourth-order valence-electron chi connectivity index (χ4n) is 4.88. The van der Waals surface area contributed by atoms with E-state index in [2.05, 4.69) is 75.5 Å². The lowest BCUT2D eigenvalue weighted by molar-refractivity contribution is 0.735. The van der Waals surface area contributed by atoms with Gasteiger partial charge in [0.25, 0.3) is 0 Å². The third kappa shape index (κ3) is 8.20. The van der Waals surface area contributed by atoms with Gasteiger partial charge in [0.1, 0.15) is 6.04 Å². The van der Waals surface area contributed by atoms with Gasteiger partial charge in [-0.15, -0.1) is 11.8 Å². The predicted octanol–water partition coefficient (Wildman–Crippen LogP) is 8.04. The van der Waals surface area contributed by atoms with Gasteiger partial charge in [0.15, 0.2) is 5.11 Å². The van der Waals surface area contributed by atoms with Crippen molar-refractivity contribution in [2.75, 3.05) is 10.6 Å². The fraction of sp³-hybridized carbons (Fsp3) is 0.0541. The second-order valence-electron chi connectivity index (χ2n) is 10.3. The molecule has 0 spiro atoms. The molecule has 0 aliphatic carbocycles. The molecule has 1 aliphatic heterocycles. The Bertz CT molecular complexity index is 1810. The molecule has 5 aromatic rings. The molecule has 9 heteroatoms. The summed E-state index contributed by atoms with van der Waals surface area (Å²) in [4.78, 5) is 6.02. The molecule has 46 heavy (non-hydrogen) atoms. The van der Waals surface area contributed by atoms with E-state index in [1.54, 1.807) is 11.8 Å². The number of rotatable bonds is 10. The van der Waals surface area contributed by atoms with Gasteiger partial charge in [-0.25, -0.2) is 10.4 Å². The van der Waals surface area contributed by atoms with E-state index in [-0.39, 0.29) is 11.3 Å². The van der Waals surface area contributed by atoms with Crippen LogP contribution in [0.15, 0.2) is 173 Å². The molecule has 1 heterocycles. The molecule has 228 valence electrons. The molecular weight excluding hydrogens is 607 g/mol. The van der Waals surface area contributed by atoms with E-state index >= 15 is 0 Å². The Balaban J connectivity index is 1.15. The maximum Gasteiger partial charge on any atom is 0.232 e. The number of hydrazone groups is 1. The molecule has 0 saturated heterocycles. The first kappa shape index (κ1) is 30.6. The molecule has 5 N–H and O–H groups in total. The quantitative estimate of drug-likeness (QED) is 0.0601. The van der Waals surface area contributed by atoms with E-state index < -0.39 is 0 Å². The lowest BCUT2D eigenvalue weighted by atomic mass is 9.97. The number of thioether (sulfide) groups is 1. The number of nitrogens with one attached hydrogen (secondary N) is 5. The normalized spacial score (nSPS) is 14.7. The van der Waals surface area contributed by atoms with Crippen LogP contribution in [0.2, 0.25) is 0 Å². The molecule has 0 fully saturated rings. The van der Waals surface area contributed by atoms with Crippen LogP contribution in [-0.4, -0.2) is 16.8 Å². The van der Waals surface area contributed by atoms with Crippen LogP contribution in [0.4, 0.5) is 11.4 Å². The Morgan fingerprint density at radius 3 is 2.11 bits per heavy atom. The minimum atomic E-state index is -0.253. The first-order valence-corrected chi connectivity index (χ1v) is 16.2. The summed E-state index contributed by atoms with van der Waals surface area (Å²) >= 11 is 7.34. The van der Waals surface area contributed by atoms with Crippen LogP contribution < -0.4 is 26.9 Å². The number of nitrogens with zero attached hydrogens (tertiary/aromatic N) is 2. The van der Waals surface area contributed by atoms with Crippen molar-refractivity contribution in [1.29, 1.82) is 0 Å². The van der Waals surface area contributed by atoms with E-state index in [0.717, 1.165) is 33.1 Å². The molecule has 0 bridgehead atoms. The average Bonchev–Trinajstić information content (AvgIpc) is 3.12. The molecule has 7 nitrogen and oxygen atoms in total. The summed E-state index contributed by atoms with van der Waals surface area (Å²) in [7, 11) is 0. The first-order valence-electron chi connectivity index (χ1n) is 14.9. The van der Waals surface area contributed by atoms with Gasteiger partial charge in [-0.3, -0.25) is 5.43 Å². The Kier molecular flexibility index (Phi) is 10.4. The largest absolute Gasteiger partial charge is 0.332 e. The smallest absolute Gasteiger partial charge is 0.232 e. The Labute approximate surface area is 278 Å². The zero-order chi connectivity index (χ0) is 31.4. The number of aliphatic imine (C=N–C) groups is 1. The minimum Gasteiger partial charge on any atom is -0.332 e. The third-order valence-electron chi connectivity index (χ3n) is 7.08. The lowest BCUT2D eigenvalue weighted by Crippen LogP contribution is -2.44. The maximum atomic E-state index is 5.62. The zero-order valence-corrected chi connectivity index (χ0v) is 26.5. The second kappa shape index (κ2) is 15.6. The molecule has 2 unspecified atom stereocenters. The first-order chi connectivity index (χ1) is 22.7. The molecule has 6 rings (SSSR count). The Morgan fingerprint density at radius 2 is 1.37 bits per heavy atom. The van der Waals surface area contributed by atoms with Crippen LogP contribution >= 0.6 is 24.0 Å².